The molecule has 1 heterocycles. The molecule has 2 atom stereocenters. The van der Waals surface area contributed by atoms with Crippen molar-refractivity contribution in [2.24, 2.45) is 13.0 Å². The Morgan fingerprint density at radius 1 is 1.12 bits per heavy atom. The molecule has 9 heteroatoms. The zero-order valence-electron chi connectivity index (χ0n) is 19.3. The van der Waals surface area contributed by atoms with E-state index in [2.05, 4.69) is 10.3 Å². The Labute approximate surface area is 193 Å². The molecule has 178 valence electrons. The highest BCUT2D eigenvalue weighted by Gasteiger charge is 2.28. The molecule has 1 aromatic heterocycles. The summed E-state index contributed by atoms with van der Waals surface area (Å²) in [5.41, 5.74) is 2.22. The summed E-state index contributed by atoms with van der Waals surface area (Å²) in [6.07, 6.45) is 6.90. The molecule has 2 aliphatic rings. The van der Waals surface area contributed by atoms with Crippen LogP contribution in [0.2, 0.25) is 0 Å². The molecule has 4 rings (SSSR count). The summed E-state index contributed by atoms with van der Waals surface area (Å²) < 4.78 is 13.2. The second kappa shape index (κ2) is 10.2. The fourth-order valence-electron chi connectivity index (χ4n) is 4.80. The van der Waals surface area contributed by atoms with Gasteiger partial charge < -0.3 is 19.5 Å². The zero-order chi connectivity index (χ0) is 23.4. The van der Waals surface area contributed by atoms with Crippen molar-refractivity contribution in [2.45, 2.75) is 70.1 Å². The molecular weight excluding hydrogens is 424 g/mol. The molecule has 2 fully saturated rings. The van der Waals surface area contributed by atoms with E-state index in [1.54, 1.807) is 23.7 Å². The van der Waals surface area contributed by atoms with Gasteiger partial charge in [0.15, 0.2) is 0 Å². The minimum atomic E-state index is -0.746. The summed E-state index contributed by atoms with van der Waals surface area (Å²) in [7, 11) is 3.57. The Morgan fingerprint density at radius 2 is 1.85 bits per heavy atom. The predicted octanol–water partition coefficient (Wildman–Crippen LogP) is 4.02. The van der Waals surface area contributed by atoms with Crippen LogP contribution in [0.4, 0.5) is 4.79 Å². The van der Waals surface area contributed by atoms with E-state index in [1.165, 1.54) is 0 Å². The third kappa shape index (κ3) is 5.46. The number of hydrogen-bond donors (Lipinski definition) is 1. The van der Waals surface area contributed by atoms with Crippen LogP contribution in [0.25, 0.3) is 11.3 Å². The van der Waals surface area contributed by atoms with Crippen LogP contribution in [0.1, 0.15) is 57.1 Å². The van der Waals surface area contributed by atoms with Crippen molar-refractivity contribution in [3.8, 4) is 17.0 Å². The van der Waals surface area contributed by atoms with Gasteiger partial charge in [0.2, 0.25) is 0 Å². The van der Waals surface area contributed by atoms with Gasteiger partial charge in [0.1, 0.15) is 23.7 Å². The van der Waals surface area contributed by atoms with E-state index in [0.717, 1.165) is 44.1 Å². The van der Waals surface area contributed by atoms with Gasteiger partial charge >= 0.3 is 12.1 Å². The first-order valence-corrected chi connectivity index (χ1v) is 11.7. The Bertz CT molecular complexity index is 968. The van der Waals surface area contributed by atoms with Crippen LogP contribution in [-0.4, -0.2) is 56.3 Å². The van der Waals surface area contributed by atoms with Gasteiger partial charge in [0.05, 0.1) is 12.0 Å². The monoisotopic (exact) mass is 456 g/mol. The fourth-order valence-corrected chi connectivity index (χ4v) is 4.80. The van der Waals surface area contributed by atoms with Gasteiger partial charge in [-0.3, -0.25) is 4.79 Å². The molecule has 0 spiro atoms. The van der Waals surface area contributed by atoms with Crippen LogP contribution < -0.4 is 4.74 Å². The number of carbonyl (C=O) groups excluding carboxylic acids is 1. The van der Waals surface area contributed by atoms with Crippen LogP contribution in [0, 0.1) is 5.92 Å². The highest BCUT2D eigenvalue weighted by molar-refractivity contribution is 5.70. The molecule has 0 unspecified atom stereocenters. The van der Waals surface area contributed by atoms with Gasteiger partial charge in [-0.15, -0.1) is 5.10 Å². The average molecular weight is 457 g/mol. The van der Waals surface area contributed by atoms with Gasteiger partial charge in [-0.25, -0.2) is 9.48 Å². The minimum Gasteiger partial charge on any atom is -0.490 e. The highest BCUT2D eigenvalue weighted by atomic mass is 16.6. The number of carboxylic acids is 1. The van der Waals surface area contributed by atoms with Crippen molar-refractivity contribution < 1.29 is 24.2 Å². The molecule has 0 saturated heterocycles. The van der Waals surface area contributed by atoms with E-state index < -0.39 is 5.97 Å². The van der Waals surface area contributed by atoms with Crippen molar-refractivity contribution in [1.82, 2.24) is 19.9 Å². The number of carbonyl (C=O) groups is 2. The van der Waals surface area contributed by atoms with E-state index in [0.29, 0.717) is 30.0 Å². The maximum atomic E-state index is 12.5. The molecule has 2 saturated carbocycles. The van der Waals surface area contributed by atoms with Gasteiger partial charge in [0, 0.05) is 25.7 Å². The maximum Gasteiger partial charge on any atom is 0.410 e. The van der Waals surface area contributed by atoms with Crippen LogP contribution >= 0.6 is 0 Å². The molecule has 0 aliphatic heterocycles. The van der Waals surface area contributed by atoms with Crippen LogP contribution in [0.5, 0.6) is 5.75 Å². The number of benzene rings is 1. The summed E-state index contributed by atoms with van der Waals surface area (Å²) in [4.78, 5) is 25.5. The number of aromatic nitrogens is 3. The normalized spacial score (nSPS) is 21.0. The number of carboxylic acid groups (broad SMARTS) is 1. The lowest BCUT2D eigenvalue weighted by molar-refractivity contribution is -0.143. The molecular formula is C24H32N4O5. The lowest BCUT2D eigenvalue weighted by atomic mass is 9.87. The first kappa shape index (κ1) is 23.1. The topological polar surface area (TPSA) is 107 Å². The second-order valence-electron chi connectivity index (χ2n) is 9.08. The summed E-state index contributed by atoms with van der Waals surface area (Å²) in [5.74, 6) is -0.380. The first-order valence-electron chi connectivity index (χ1n) is 11.7. The lowest BCUT2D eigenvalue weighted by Crippen LogP contribution is -2.35. The Kier molecular flexibility index (Phi) is 7.15. The van der Waals surface area contributed by atoms with E-state index in [4.69, 9.17) is 9.47 Å². The molecule has 0 radical (unpaired) electrons. The summed E-state index contributed by atoms with van der Waals surface area (Å²) >= 11 is 0. The standard InChI is InChI=1S/C24H32N4O5/c1-27(18-7-3-4-8-18)24(31)32-15-21-22(25-26-28(21)2)16-10-12-19(13-11-16)33-20-9-5-6-17(14-20)23(29)30/h10-13,17-18,20H,3-9,14-15H2,1-2H3,(H,29,30)/t17-,20-/m1/s1. The Hall–Kier alpha value is -3.10. The summed E-state index contributed by atoms with van der Waals surface area (Å²) in [6.45, 7) is 0.0889. The number of rotatable bonds is 7. The van der Waals surface area contributed by atoms with Crippen molar-refractivity contribution in [2.75, 3.05) is 7.05 Å². The van der Waals surface area contributed by atoms with Crippen molar-refractivity contribution in [3.63, 3.8) is 0 Å². The molecule has 2 aliphatic carbocycles. The predicted molar refractivity (Wildman–Crippen MR) is 121 cm³/mol. The Morgan fingerprint density at radius 3 is 2.55 bits per heavy atom. The fraction of sp³-hybridized carbons (Fsp3) is 0.583. The number of amides is 1. The van der Waals surface area contributed by atoms with Gasteiger partial charge in [0.25, 0.3) is 0 Å². The third-order valence-corrected chi connectivity index (χ3v) is 6.84. The average Bonchev–Trinajstić information content (AvgIpc) is 3.48. The number of nitrogens with zero attached hydrogens (tertiary/aromatic N) is 4. The first-order chi connectivity index (χ1) is 15.9. The van der Waals surface area contributed by atoms with E-state index in [1.807, 2.05) is 24.3 Å². The maximum absolute atomic E-state index is 12.5. The molecule has 33 heavy (non-hydrogen) atoms. The second-order valence-corrected chi connectivity index (χ2v) is 9.08. The van der Waals surface area contributed by atoms with Crippen LogP contribution in [-0.2, 0) is 23.2 Å². The van der Waals surface area contributed by atoms with Gasteiger partial charge in [-0.2, -0.15) is 0 Å². The van der Waals surface area contributed by atoms with Crippen molar-refractivity contribution >= 4 is 12.1 Å². The molecule has 1 amide bonds. The van der Waals surface area contributed by atoms with Crippen LogP contribution in [0.15, 0.2) is 24.3 Å². The van der Waals surface area contributed by atoms with Gasteiger partial charge in [-0.05, 0) is 62.8 Å². The van der Waals surface area contributed by atoms with E-state index in [-0.39, 0.29) is 30.8 Å². The largest absolute Gasteiger partial charge is 0.490 e. The van der Waals surface area contributed by atoms with Crippen molar-refractivity contribution in [1.29, 1.82) is 0 Å². The third-order valence-electron chi connectivity index (χ3n) is 6.84. The van der Waals surface area contributed by atoms with Crippen molar-refractivity contribution in [3.05, 3.63) is 30.0 Å². The quantitative estimate of drug-likeness (QED) is 0.671. The molecule has 1 N–H and O–H groups in total. The van der Waals surface area contributed by atoms with E-state index >= 15 is 0 Å². The molecule has 2 aromatic rings. The smallest absolute Gasteiger partial charge is 0.410 e. The molecule has 1 aromatic carbocycles. The minimum absolute atomic E-state index is 0.0888. The zero-order valence-corrected chi connectivity index (χ0v) is 19.3. The number of aryl methyl sites for hydroxylation is 1. The van der Waals surface area contributed by atoms with E-state index in [9.17, 15) is 14.7 Å². The SMILES string of the molecule is CN(C(=O)OCc1c(-c2ccc(O[C@@H]3CCC[C@@H](C(=O)O)C3)cc2)nnn1C)C1CCCC1. The summed E-state index contributed by atoms with van der Waals surface area (Å²) in [5, 5.41) is 17.6. The lowest BCUT2D eigenvalue weighted by Gasteiger charge is -2.27. The number of ether oxygens (including phenoxy) is 2. The highest BCUT2D eigenvalue weighted by Crippen LogP contribution is 2.30. The summed E-state index contributed by atoms with van der Waals surface area (Å²) in [6, 6.07) is 7.76. The Balaban J connectivity index is 1.38. The number of aliphatic carboxylic acids is 1. The van der Waals surface area contributed by atoms with Crippen LogP contribution in [0.3, 0.4) is 0 Å². The molecule has 0 bridgehead atoms. The van der Waals surface area contributed by atoms with Gasteiger partial charge in [-0.1, -0.05) is 18.1 Å². The number of hydrogen-bond acceptors (Lipinski definition) is 6. The molecule has 9 nitrogen and oxygen atoms in total.